The lowest BCUT2D eigenvalue weighted by Crippen LogP contribution is -2.11. The molecule has 3 aromatic heterocycles. The Balaban J connectivity index is 1.71. The van der Waals surface area contributed by atoms with E-state index in [0.717, 1.165) is 27.2 Å². The number of hydrogen-bond acceptors (Lipinski definition) is 5. The zero-order valence-corrected chi connectivity index (χ0v) is 13.7. The molecule has 0 unspecified atom stereocenters. The Bertz CT molecular complexity index is 1110. The highest BCUT2D eigenvalue weighted by Gasteiger charge is 2.35. The maximum absolute atomic E-state index is 12.9. The van der Waals surface area contributed by atoms with Crippen LogP contribution in [0.4, 0.5) is 13.2 Å². The molecule has 9 heteroatoms. The van der Waals surface area contributed by atoms with Crippen LogP contribution >= 0.6 is 0 Å². The van der Waals surface area contributed by atoms with E-state index in [1.165, 1.54) is 7.05 Å². The molecule has 1 aromatic carbocycles. The third kappa shape index (κ3) is 2.81. The number of benzene rings is 1. The van der Waals surface area contributed by atoms with Crippen molar-refractivity contribution in [3.05, 3.63) is 47.7 Å². The van der Waals surface area contributed by atoms with Crippen molar-refractivity contribution in [3.8, 4) is 23.2 Å². The molecule has 0 aliphatic heterocycles. The lowest BCUT2D eigenvalue weighted by molar-refractivity contribution is -0.143. The monoisotopic (exact) mass is 359 g/mol. The van der Waals surface area contributed by atoms with Crippen molar-refractivity contribution in [1.82, 2.24) is 25.0 Å². The molecule has 0 saturated heterocycles. The van der Waals surface area contributed by atoms with Crippen LogP contribution < -0.4 is 0 Å². The van der Waals surface area contributed by atoms with Crippen molar-refractivity contribution in [2.45, 2.75) is 13.1 Å². The van der Waals surface area contributed by atoms with Crippen LogP contribution in [0.25, 0.3) is 34.1 Å². The lowest BCUT2D eigenvalue weighted by Gasteiger charge is -2.04. The van der Waals surface area contributed by atoms with E-state index in [1.807, 2.05) is 31.2 Å². The average molecular weight is 359 g/mol. The summed E-state index contributed by atoms with van der Waals surface area (Å²) in [6.07, 6.45) is -4.51. The summed E-state index contributed by atoms with van der Waals surface area (Å²) in [7, 11) is 1.20. The van der Waals surface area contributed by atoms with Crippen LogP contribution in [0.15, 0.2) is 40.8 Å². The first-order valence-electron chi connectivity index (χ1n) is 7.64. The topological polar surface area (TPSA) is 69.6 Å². The van der Waals surface area contributed by atoms with Gasteiger partial charge in [-0.3, -0.25) is 4.68 Å². The Kier molecular flexibility index (Phi) is 3.53. The van der Waals surface area contributed by atoms with E-state index in [1.54, 1.807) is 6.07 Å². The van der Waals surface area contributed by atoms with E-state index in [0.29, 0.717) is 5.69 Å². The number of aryl methyl sites for hydroxylation is 2. The highest BCUT2D eigenvalue weighted by atomic mass is 19.4. The lowest BCUT2D eigenvalue weighted by atomic mass is 10.1. The van der Waals surface area contributed by atoms with Crippen LogP contribution in [-0.2, 0) is 13.2 Å². The molecule has 132 valence electrons. The van der Waals surface area contributed by atoms with Gasteiger partial charge in [0.1, 0.15) is 17.1 Å². The Labute approximate surface area is 145 Å². The molecule has 0 bridgehead atoms. The molecule has 0 N–H and O–H groups in total. The van der Waals surface area contributed by atoms with Crippen molar-refractivity contribution >= 4 is 10.9 Å². The highest BCUT2D eigenvalue weighted by Crippen LogP contribution is 2.32. The maximum atomic E-state index is 12.9. The molecule has 0 aliphatic carbocycles. The number of rotatable bonds is 2. The summed E-state index contributed by atoms with van der Waals surface area (Å²) in [5, 5.41) is 12.4. The summed E-state index contributed by atoms with van der Waals surface area (Å²) in [5.74, 6) is 0.0126. The first-order chi connectivity index (χ1) is 12.3. The molecule has 26 heavy (non-hydrogen) atoms. The third-order valence-corrected chi connectivity index (χ3v) is 3.88. The average Bonchev–Trinajstić information content (AvgIpc) is 3.20. The summed E-state index contributed by atoms with van der Waals surface area (Å²) in [6, 6.07) is 10.3. The fourth-order valence-corrected chi connectivity index (χ4v) is 2.63. The van der Waals surface area contributed by atoms with Gasteiger partial charge in [-0.05, 0) is 25.1 Å². The second-order valence-corrected chi connectivity index (χ2v) is 5.84. The normalized spacial score (nSPS) is 12.0. The Morgan fingerprint density at radius 3 is 2.38 bits per heavy atom. The quantitative estimate of drug-likeness (QED) is 0.541. The van der Waals surface area contributed by atoms with E-state index in [4.69, 9.17) is 4.42 Å². The zero-order chi connectivity index (χ0) is 18.5. The maximum Gasteiger partial charge on any atom is 0.433 e. The van der Waals surface area contributed by atoms with E-state index >= 15 is 0 Å². The van der Waals surface area contributed by atoms with Gasteiger partial charge in [-0.15, -0.1) is 10.2 Å². The van der Waals surface area contributed by atoms with Gasteiger partial charge in [0.15, 0.2) is 0 Å². The molecule has 4 aromatic rings. The fourth-order valence-electron chi connectivity index (χ4n) is 2.63. The molecule has 0 aliphatic rings. The molecule has 4 rings (SSSR count). The van der Waals surface area contributed by atoms with Gasteiger partial charge in [-0.25, -0.2) is 4.98 Å². The van der Waals surface area contributed by atoms with Crippen LogP contribution in [-0.4, -0.2) is 25.0 Å². The van der Waals surface area contributed by atoms with Crippen LogP contribution in [0.3, 0.4) is 0 Å². The molecular weight excluding hydrogens is 347 g/mol. The van der Waals surface area contributed by atoms with Gasteiger partial charge in [-0.2, -0.15) is 18.3 Å². The number of alkyl halides is 3. The molecule has 0 atom stereocenters. The molecule has 0 saturated carbocycles. The summed E-state index contributed by atoms with van der Waals surface area (Å²) >= 11 is 0. The molecule has 6 nitrogen and oxygen atoms in total. The summed E-state index contributed by atoms with van der Waals surface area (Å²) in [6.45, 7) is 1.99. The minimum atomic E-state index is -4.51. The van der Waals surface area contributed by atoms with Crippen molar-refractivity contribution in [3.63, 3.8) is 0 Å². The minimum Gasteiger partial charge on any atom is -0.413 e. The first-order valence-corrected chi connectivity index (χ1v) is 7.64. The number of halogens is 3. The van der Waals surface area contributed by atoms with Crippen molar-refractivity contribution in [1.29, 1.82) is 0 Å². The van der Waals surface area contributed by atoms with Crippen LogP contribution in [0.5, 0.6) is 0 Å². The second kappa shape index (κ2) is 5.65. The van der Waals surface area contributed by atoms with Crippen LogP contribution in [0.1, 0.15) is 11.3 Å². The summed E-state index contributed by atoms with van der Waals surface area (Å²) < 4.78 is 44.9. The molecule has 3 heterocycles. The van der Waals surface area contributed by atoms with Gasteiger partial charge in [-0.1, -0.05) is 17.7 Å². The summed E-state index contributed by atoms with van der Waals surface area (Å²) in [4.78, 5) is 4.45. The van der Waals surface area contributed by atoms with Crippen molar-refractivity contribution < 1.29 is 17.6 Å². The standard InChI is InChI=1S/C17H12F3N5O/c1-9-3-5-11-10(7-9)4-6-12(21-11)15-22-23-16(26-15)13-8-14(17(18,19)20)25(2)24-13/h3-8H,1-2H3. The summed E-state index contributed by atoms with van der Waals surface area (Å²) in [5.41, 5.74) is 1.36. The largest absolute Gasteiger partial charge is 0.433 e. The smallest absolute Gasteiger partial charge is 0.413 e. The van der Waals surface area contributed by atoms with E-state index < -0.39 is 11.9 Å². The predicted molar refractivity (Wildman–Crippen MR) is 87.0 cm³/mol. The second-order valence-electron chi connectivity index (χ2n) is 5.84. The van der Waals surface area contributed by atoms with Crippen molar-refractivity contribution in [2.75, 3.05) is 0 Å². The SMILES string of the molecule is Cc1ccc2nc(-c3nnc(-c4cc(C(F)(F)F)n(C)n4)o3)ccc2c1. The molecular formula is C17H12F3N5O. The van der Waals surface area contributed by atoms with Gasteiger partial charge < -0.3 is 4.42 Å². The molecule has 0 radical (unpaired) electrons. The number of pyridine rings is 1. The molecule has 0 fully saturated rings. The Morgan fingerprint density at radius 1 is 0.962 bits per heavy atom. The Morgan fingerprint density at radius 2 is 1.69 bits per heavy atom. The van der Waals surface area contributed by atoms with Gasteiger partial charge in [0, 0.05) is 18.5 Å². The zero-order valence-electron chi connectivity index (χ0n) is 13.7. The van der Waals surface area contributed by atoms with Crippen molar-refractivity contribution in [2.24, 2.45) is 7.05 Å². The van der Waals surface area contributed by atoms with Gasteiger partial charge in [0.25, 0.3) is 11.8 Å². The fraction of sp³-hybridized carbons (Fsp3) is 0.176. The number of fused-ring (bicyclic) bond motifs is 1. The van der Waals surface area contributed by atoms with E-state index in [-0.39, 0.29) is 17.5 Å². The minimum absolute atomic E-state index is 0.0463. The number of hydrogen-bond donors (Lipinski definition) is 0. The predicted octanol–water partition coefficient (Wildman–Crippen LogP) is 4.01. The third-order valence-electron chi connectivity index (χ3n) is 3.88. The number of nitrogens with zero attached hydrogens (tertiary/aromatic N) is 5. The van der Waals surface area contributed by atoms with Gasteiger partial charge in [0.2, 0.25) is 0 Å². The van der Waals surface area contributed by atoms with Gasteiger partial charge in [0.05, 0.1) is 5.52 Å². The Hall–Kier alpha value is -3.23. The molecule has 0 spiro atoms. The van der Waals surface area contributed by atoms with E-state index in [2.05, 4.69) is 20.3 Å². The van der Waals surface area contributed by atoms with Crippen LogP contribution in [0.2, 0.25) is 0 Å². The van der Waals surface area contributed by atoms with E-state index in [9.17, 15) is 13.2 Å². The van der Waals surface area contributed by atoms with Crippen LogP contribution in [0, 0.1) is 6.92 Å². The van der Waals surface area contributed by atoms with Gasteiger partial charge >= 0.3 is 6.18 Å². The highest BCUT2D eigenvalue weighted by molar-refractivity contribution is 5.81. The first kappa shape index (κ1) is 16.2. The number of aromatic nitrogens is 5. The molecule has 0 amide bonds.